The highest BCUT2D eigenvalue weighted by Crippen LogP contribution is 2.26. The highest BCUT2D eigenvalue weighted by molar-refractivity contribution is 4.95. The summed E-state index contributed by atoms with van der Waals surface area (Å²) in [5.74, 6) is 2.40. The van der Waals surface area contributed by atoms with Crippen LogP contribution < -0.4 is 0 Å². The van der Waals surface area contributed by atoms with Gasteiger partial charge in [0, 0.05) is 6.42 Å². The van der Waals surface area contributed by atoms with Crippen molar-refractivity contribution in [3.63, 3.8) is 0 Å². The van der Waals surface area contributed by atoms with Gasteiger partial charge in [-0.3, -0.25) is 0 Å². The molecule has 0 rings (SSSR count). The van der Waals surface area contributed by atoms with Crippen LogP contribution in [-0.2, 0) is 0 Å². The Morgan fingerprint density at radius 2 is 1.59 bits per heavy atom. The monoisotopic (exact) mass is 308 g/mol. The second-order valence-corrected chi connectivity index (χ2v) is 7.67. The average molecular weight is 309 g/mol. The second-order valence-electron chi connectivity index (χ2n) is 7.67. The highest BCUT2D eigenvalue weighted by Gasteiger charge is 2.19. The van der Waals surface area contributed by atoms with E-state index in [4.69, 9.17) is 0 Å². The Labute approximate surface area is 141 Å². The van der Waals surface area contributed by atoms with Crippen LogP contribution >= 0.6 is 0 Å². The summed E-state index contributed by atoms with van der Waals surface area (Å²) in [5, 5.41) is 0. The quantitative estimate of drug-likeness (QED) is 0.303. The lowest BCUT2D eigenvalue weighted by Gasteiger charge is -2.30. The molecule has 0 aliphatic carbocycles. The summed E-state index contributed by atoms with van der Waals surface area (Å²) in [6.45, 7) is 14.1. The molecule has 0 N–H and O–H groups in total. The first-order chi connectivity index (χ1) is 10.4. The van der Waals surface area contributed by atoms with E-state index >= 15 is 0 Å². The minimum absolute atomic E-state index is 0.739. The number of hydrogen-bond donors (Lipinski definition) is 0. The standard InChI is InChI=1S/C21H42N/c1-8-11-12-13-14-15-21(16-17-22(6,7)10-3)18-20(5)19(4)9-2/h11-12,14-15,19-21H,8-10,13,16-18H2,1-7H3/q+1. The van der Waals surface area contributed by atoms with Crippen molar-refractivity contribution in [3.8, 4) is 0 Å². The normalized spacial score (nSPS) is 17.2. The Hall–Kier alpha value is -0.560. The average Bonchev–Trinajstić information content (AvgIpc) is 2.51. The summed E-state index contributed by atoms with van der Waals surface area (Å²) >= 11 is 0. The number of quaternary nitrogens is 1. The van der Waals surface area contributed by atoms with Crippen LogP contribution in [0.5, 0.6) is 0 Å². The van der Waals surface area contributed by atoms with Gasteiger partial charge in [-0.05, 0) is 43.9 Å². The number of rotatable bonds is 12. The molecule has 1 nitrogen and oxygen atoms in total. The van der Waals surface area contributed by atoms with Gasteiger partial charge in [-0.25, -0.2) is 0 Å². The SMILES string of the molecule is CCC=CCC=CC(CC[N+](C)(C)CC)CC(C)C(C)CC. The maximum absolute atomic E-state index is 2.49. The van der Waals surface area contributed by atoms with Crippen LogP contribution in [0.25, 0.3) is 0 Å². The molecular formula is C21H42N+. The van der Waals surface area contributed by atoms with Gasteiger partial charge in [0.05, 0.1) is 27.2 Å². The van der Waals surface area contributed by atoms with Gasteiger partial charge in [0.15, 0.2) is 0 Å². The molecule has 0 aliphatic heterocycles. The fraction of sp³-hybridized carbons (Fsp3) is 0.810. The molecule has 0 fully saturated rings. The molecule has 0 saturated carbocycles. The van der Waals surface area contributed by atoms with Crippen molar-refractivity contribution in [2.24, 2.45) is 17.8 Å². The lowest BCUT2D eigenvalue weighted by atomic mass is 9.84. The largest absolute Gasteiger partial charge is 0.329 e. The van der Waals surface area contributed by atoms with Crippen molar-refractivity contribution < 1.29 is 4.48 Å². The molecule has 0 saturated heterocycles. The maximum atomic E-state index is 2.49. The summed E-state index contributed by atoms with van der Waals surface area (Å²) in [6.07, 6.45) is 15.6. The van der Waals surface area contributed by atoms with Crippen molar-refractivity contribution in [2.75, 3.05) is 27.2 Å². The lowest BCUT2D eigenvalue weighted by molar-refractivity contribution is -0.889. The smallest absolute Gasteiger partial charge is 0.0788 e. The molecule has 0 spiro atoms. The van der Waals surface area contributed by atoms with E-state index in [2.05, 4.69) is 73.0 Å². The van der Waals surface area contributed by atoms with Gasteiger partial charge in [-0.2, -0.15) is 0 Å². The first-order valence-corrected chi connectivity index (χ1v) is 9.49. The first kappa shape index (κ1) is 21.4. The summed E-state index contributed by atoms with van der Waals surface area (Å²) in [6, 6.07) is 0. The van der Waals surface area contributed by atoms with E-state index in [1.165, 1.54) is 32.4 Å². The molecule has 0 heterocycles. The summed E-state index contributed by atoms with van der Waals surface area (Å²) in [7, 11) is 4.70. The Balaban J connectivity index is 4.58. The number of allylic oxidation sites excluding steroid dienone is 4. The van der Waals surface area contributed by atoms with Crippen LogP contribution in [-0.4, -0.2) is 31.7 Å². The van der Waals surface area contributed by atoms with Crippen LogP contribution in [0.3, 0.4) is 0 Å². The fourth-order valence-corrected chi connectivity index (χ4v) is 2.69. The summed E-state index contributed by atoms with van der Waals surface area (Å²) < 4.78 is 1.14. The zero-order valence-electron chi connectivity index (χ0n) is 16.4. The number of hydrogen-bond acceptors (Lipinski definition) is 0. The predicted octanol–water partition coefficient (Wildman–Crippen LogP) is 6.07. The fourth-order valence-electron chi connectivity index (χ4n) is 2.69. The van der Waals surface area contributed by atoms with Gasteiger partial charge < -0.3 is 4.48 Å². The molecule has 0 amide bonds. The third-order valence-corrected chi connectivity index (χ3v) is 5.33. The molecular weight excluding hydrogens is 266 g/mol. The minimum Gasteiger partial charge on any atom is -0.329 e. The van der Waals surface area contributed by atoms with Crippen LogP contribution in [0, 0.1) is 17.8 Å². The Bertz CT molecular complexity index is 314. The highest BCUT2D eigenvalue weighted by atomic mass is 15.3. The molecule has 0 aromatic carbocycles. The van der Waals surface area contributed by atoms with E-state index in [1.807, 2.05) is 0 Å². The van der Waals surface area contributed by atoms with Gasteiger partial charge in [0.25, 0.3) is 0 Å². The van der Waals surface area contributed by atoms with Crippen LogP contribution in [0.4, 0.5) is 0 Å². The predicted molar refractivity (Wildman–Crippen MR) is 102 cm³/mol. The van der Waals surface area contributed by atoms with Gasteiger partial charge in [-0.15, -0.1) is 0 Å². The van der Waals surface area contributed by atoms with E-state index in [9.17, 15) is 0 Å². The Morgan fingerprint density at radius 1 is 0.909 bits per heavy atom. The van der Waals surface area contributed by atoms with Crippen LogP contribution in [0.15, 0.2) is 24.3 Å². The molecule has 0 bridgehead atoms. The van der Waals surface area contributed by atoms with Gasteiger partial charge in [-0.1, -0.05) is 58.4 Å². The van der Waals surface area contributed by atoms with Crippen molar-refractivity contribution >= 4 is 0 Å². The van der Waals surface area contributed by atoms with Crippen molar-refractivity contribution in [1.29, 1.82) is 0 Å². The van der Waals surface area contributed by atoms with E-state index < -0.39 is 0 Å². The Morgan fingerprint density at radius 3 is 2.14 bits per heavy atom. The molecule has 0 radical (unpaired) electrons. The van der Waals surface area contributed by atoms with E-state index in [0.29, 0.717) is 0 Å². The van der Waals surface area contributed by atoms with Gasteiger partial charge in [0.2, 0.25) is 0 Å². The molecule has 0 aliphatic rings. The van der Waals surface area contributed by atoms with Crippen molar-refractivity contribution in [3.05, 3.63) is 24.3 Å². The molecule has 0 aromatic heterocycles. The first-order valence-electron chi connectivity index (χ1n) is 9.49. The van der Waals surface area contributed by atoms with Crippen molar-refractivity contribution in [1.82, 2.24) is 0 Å². The van der Waals surface area contributed by atoms with E-state index in [1.54, 1.807) is 0 Å². The number of nitrogens with zero attached hydrogens (tertiary/aromatic N) is 1. The van der Waals surface area contributed by atoms with Gasteiger partial charge in [0.1, 0.15) is 0 Å². The molecule has 3 unspecified atom stereocenters. The van der Waals surface area contributed by atoms with Gasteiger partial charge >= 0.3 is 0 Å². The van der Waals surface area contributed by atoms with E-state index in [0.717, 1.165) is 35.1 Å². The zero-order chi connectivity index (χ0) is 17.0. The summed E-state index contributed by atoms with van der Waals surface area (Å²) in [4.78, 5) is 0. The zero-order valence-corrected chi connectivity index (χ0v) is 16.4. The maximum Gasteiger partial charge on any atom is 0.0788 e. The third-order valence-electron chi connectivity index (χ3n) is 5.33. The second kappa shape index (κ2) is 11.9. The third kappa shape index (κ3) is 10.2. The lowest BCUT2D eigenvalue weighted by Crippen LogP contribution is -2.40. The summed E-state index contributed by atoms with van der Waals surface area (Å²) in [5.41, 5.74) is 0. The van der Waals surface area contributed by atoms with E-state index in [-0.39, 0.29) is 0 Å². The van der Waals surface area contributed by atoms with Crippen LogP contribution in [0.1, 0.15) is 66.7 Å². The molecule has 3 atom stereocenters. The molecule has 22 heavy (non-hydrogen) atoms. The molecule has 0 aromatic rings. The minimum atomic E-state index is 0.739. The van der Waals surface area contributed by atoms with Crippen molar-refractivity contribution in [2.45, 2.75) is 66.7 Å². The molecule has 1 heteroatoms. The Kier molecular flexibility index (Phi) is 11.6. The topological polar surface area (TPSA) is 0 Å². The molecule has 130 valence electrons. The van der Waals surface area contributed by atoms with Crippen LogP contribution in [0.2, 0.25) is 0 Å².